The molecule has 1 atom stereocenters. The number of benzene rings is 1. The van der Waals surface area contributed by atoms with Crippen LogP contribution in [0.1, 0.15) is 19.4 Å². The van der Waals surface area contributed by atoms with Crippen molar-refractivity contribution in [2.24, 2.45) is 5.92 Å². The molecule has 17 heavy (non-hydrogen) atoms. The largest absolute Gasteiger partial charge is 0.298 e. The Morgan fingerprint density at radius 1 is 1.53 bits per heavy atom. The Morgan fingerprint density at radius 3 is 2.76 bits per heavy atom. The predicted octanol–water partition coefficient (Wildman–Crippen LogP) is 3.46. The highest BCUT2D eigenvalue weighted by Gasteiger charge is 2.10. The van der Waals surface area contributed by atoms with Gasteiger partial charge >= 0.3 is 0 Å². The van der Waals surface area contributed by atoms with E-state index < -0.39 is 0 Å². The van der Waals surface area contributed by atoms with E-state index in [2.05, 4.69) is 11.0 Å². The van der Waals surface area contributed by atoms with Gasteiger partial charge in [-0.2, -0.15) is 5.26 Å². The van der Waals surface area contributed by atoms with Gasteiger partial charge in [-0.1, -0.05) is 24.6 Å². The van der Waals surface area contributed by atoms with E-state index in [0.717, 1.165) is 12.1 Å². The second kappa shape index (κ2) is 6.58. The number of nitriles is 1. The van der Waals surface area contributed by atoms with Gasteiger partial charge < -0.3 is 0 Å². The molecule has 0 saturated carbocycles. The quantitative estimate of drug-likeness (QED) is 0.805. The van der Waals surface area contributed by atoms with Crippen molar-refractivity contribution in [3.05, 3.63) is 34.6 Å². The Balaban J connectivity index is 2.71. The topological polar surface area (TPSA) is 27.0 Å². The van der Waals surface area contributed by atoms with Crippen molar-refractivity contribution in [2.75, 3.05) is 13.1 Å². The molecule has 1 aromatic carbocycles. The van der Waals surface area contributed by atoms with Crippen molar-refractivity contribution in [3.8, 4) is 6.07 Å². The zero-order valence-corrected chi connectivity index (χ0v) is 10.8. The molecule has 0 radical (unpaired) electrons. The maximum Gasteiger partial charge on any atom is 0.124 e. The molecule has 0 fully saturated rings. The van der Waals surface area contributed by atoms with Crippen molar-refractivity contribution in [1.29, 1.82) is 5.26 Å². The first-order chi connectivity index (χ1) is 8.06. The lowest BCUT2D eigenvalue weighted by Crippen LogP contribution is -2.27. The normalized spacial score (nSPS) is 12.5. The highest BCUT2D eigenvalue weighted by Crippen LogP contribution is 2.19. The second-order valence-corrected chi connectivity index (χ2v) is 4.50. The molecular formula is C13H16ClFN2. The molecule has 1 aromatic rings. The lowest BCUT2D eigenvalue weighted by atomic mass is 10.1. The summed E-state index contributed by atoms with van der Waals surface area (Å²) in [4.78, 5) is 2.12. The summed E-state index contributed by atoms with van der Waals surface area (Å²) in [5.74, 6) is -0.346. The third kappa shape index (κ3) is 4.33. The molecule has 0 N–H and O–H groups in total. The van der Waals surface area contributed by atoms with Gasteiger partial charge in [-0.25, -0.2) is 4.39 Å². The van der Waals surface area contributed by atoms with Gasteiger partial charge in [0.15, 0.2) is 0 Å². The molecule has 92 valence electrons. The first kappa shape index (κ1) is 14.0. The van der Waals surface area contributed by atoms with Crippen LogP contribution in [0.2, 0.25) is 5.02 Å². The molecular weight excluding hydrogens is 239 g/mol. The monoisotopic (exact) mass is 254 g/mol. The molecule has 0 aromatic heterocycles. The molecule has 0 heterocycles. The van der Waals surface area contributed by atoms with E-state index in [0.29, 0.717) is 18.1 Å². The minimum atomic E-state index is -0.327. The number of halogens is 2. The van der Waals surface area contributed by atoms with Crippen LogP contribution in [0.3, 0.4) is 0 Å². The van der Waals surface area contributed by atoms with Crippen molar-refractivity contribution >= 4 is 11.6 Å². The minimum absolute atomic E-state index is 0.0193. The summed E-state index contributed by atoms with van der Waals surface area (Å²) in [5.41, 5.74) is 0.889. The summed E-state index contributed by atoms with van der Waals surface area (Å²) in [5, 5.41) is 9.22. The smallest absolute Gasteiger partial charge is 0.124 e. The van der Waals surface area contributed by atoms with Gasteiger partial charge in [0.2, 0.25) is 0 Å². The molecule has 0 amide bonds. The van der Waals surface area contributed by atoms with Crippen LogP contribution >= 0.6 is 11.6 Å². The average molecular weight is 255 g/mol. The van der Waals surface area contributed by atoms with E-state index in [-0.39, 0.29) is 11.7 Å². The van der Waals surface area contributed by atoms with Gasteiger partial charge in [-0.05, 0) is 31.2 Å². The zero-order chi connectivity index (χ0) is 12.8. The van der Waals surface area contributed by atoms with Crippen LogP contribution in [-0.4, -0.2) is 18.0 Å². The van der Waals surface area contributed by atoms with Crippen molar-refractivity contribution in [2.45, 2.75) is 20.4 Å². The van der Waals surface area contributed by atoms with E-state index in [1.54, 1.807) is 6.07 Å². The zero-order valence-electron chi connectivity index (χ0n) is 10.1. The SMILES string of the molecule is CCN(Cc1ccc(F)cc1Cl)CC(C)C#N. The Labute approximate surface area is 107 Å². The van der Waals surface area contributed by atoms with Gasteiger partial charge in [-0.15, -0.1) is 0 Å². The molecule has 0 aliphatic rings. The Kier molecular flexibility index (Phi) is 5.40. The summed E-state index contributed by atoms with van der Waals surface area (Å²) in [6.07, 6.45) is 0. The van der Waals surface area contributed by atoms with Gasteiger partial charge in [0.1, 0.15) is 5.82 Å². The van der Waals surface area contributed by atoms with Gasteiger partial charge in [0, 0.05) is 18.1 Å². The fraction of sp³-hybridized carbons (Fsp3) is 0.462. The number of nitrogens with zero attached hydrogens (tertiary/aromatic N) is 2. The van der Waals surface area contributed by atoms with E-state index in [4.69, 9.17) is 16.9 Å². The van der Waals surface area contributed by atoms with Gasteiger partial charge in [-0.3, -0.25) is 4.90 Å². The van der Waals surface area contributed by atoms with Crippen molar-refractivity contribution in [1.82, 2.24) is 4.90 Å². The van der Waals surface area contributed by atoms with Crippen LogP contribution in [0, 0.1) is 23.1 Å². The molecule has 0 aliphatic carbocycles. The minimum Gasteiger partial charge on any atom is -0.298 e. The van der Waals surface area contributed by atoms with Crippen LogP contribution in [0.4, 0.5) is 4.39 Å². The van der Waals surface area contributed by atoms with E-state index >= 15 is 0 Å². The van der Waals surface area contributed by atoms with E-state index in [9.17, 15) is 4.39 Å². The van der Waals surface area contributed by atoms with Crippen LogP contribution < -0.4 is 0 Å². The summed E-state index contributed by atoms with van der Waals surface area (Å²) < 4.78 is 12.9. The van der Waals surface area contributed by atoms with Gasteiger partial charge in [0.25, 0.3) is 0 Å². The van der Waals surface area contributed by atoms with Crippen LogP contribution in [0.25, 0.3) is 0 Å². The first-order valence-corrected chi connectivity index (χ1v) is 6.00. The third-order valence-electron chi connectivity index (χ3n) is 2.61. The Morgan fingerprint density at radius 2 is 2.24 bits per heavy atom. The summed E-state index contributed by atoms with van der Waals surface area (Å²) in [6.45, 7) is 6.08. The number of hydrogen-bond donors (Lipinski definition) is 0. The molecule has 0 saturated heterocycles. The lowest BCUT2D eigenvalue weighted by molar-refractivity contribution is 0.260. The highest BCUT2D eigenvalue weighted by molar-refractivity contribution is 6.31. The molecule has 1 rings (SSSR count). The van der Waals surface area contributed by atoms with Crippen LogP contribution in [0.15, 0.2) is 18.2 Å². The molecule has 0 bridgehead atoms. The van der Waals surface area contributed by atoms with E-state index in [1.165, 1.54) is 12.1 Å². The fourth-order valence-electron chi connectivity index (χ4n) is 1.62. The van der Waals surface area contributed by atoms with Gasteiger partial charge in [0.05, 0.1) is 12.0 Å². The predicted molar refractivity (Wildman–Crippen MR) is 67.1 cm³/mol. The van der Waals surface area contributed by atoms with Crippen LogP contribution in [0.5, 0.6) is 0 Å². The standard InChI is InChI=1S/C13H16ClFN2/c1-3-17(8-10(2)7-16)9-11-4-5-12(15)6-13(11)14/h4-6,10H,3,8-9H2,1-2H3. The summed E-state index contributed by atoms with van der Waals surface area (Å²) >= 11 is 5.97. The molecule has 1 unspecified atom stereocenters. The van der Waals surface area contributed by atoms with Crippen LogP contribution in [-0.2, 0) is 6.54 Å². The number of rotatable bonds is 5. The van der Waals surface area contributed by atoms with E-state index in [1.807, 2.05) is 13.8 Å². The maximum absolute atomic E-state index is 12.9. The summed E-state index contributed by atoms with van der Waals surface area (Å²) in [6, 6.07) is 6.62. The second-order valence-electron chi connectivity index (χ2n) is 4.09. The first-order valence-electron chi connectivity index (χ1n) is 5.62. The fourth-order valence-corrected chi connectivity index (χ4v) is 1.85. The molecule has 0 spiro atoms. The third-order valence-corrected chi connectivity index (χ3v) is 2.96. The highest BCUT2D eigenvalue weighted by atomic mass is 35.5. The maximum atomic E-state index is 12.9. The molecule has 4 heteroatoms. The summed E-state index contributed by atoms with van der Waals surface area (Å²) in [7, 11) is 0. The van der Waals surface area contributed by atoms with Crippen molar-refractivity contribution < 1.29 is 4.39 Å². The number of hydrogen-bond acceptors (Lipinski definition) is 2. The molecule has 2 nitrogen and oxygen atoms in total. The molecule has 0 aliphatic heterocycles. The lowest BCUT2D eigenvalue weighted by Gasteiger charge is -2.22. The van der Waals surface area contributed by atoms with Crippen molar-refractivity contribution in [3.63, 3.8) is 0 Å². The average Bonchev–Trinajstić information content (AvgIpc) is 2.31. The Bertz CT molecular complexity index is 414. The Hall–Kier alpha value is -1.11.